The molecular weight excluding hydrogens is 271 g/mol. The summed E-state index contributed by atoms with van der Waals surface area (Å²) in [6.45, 7) is 2.67. The molecule has 21 heavy (non-hydrogen) atoms. The van der Waals surface area contributed by atoms with Gasteiger partial charge in [-0.2, -0.15) is 0 Å². The molecule has 0 atom stereocenters. The molecule has 0 aliphatic rings. The molecule has 0 saturated heterocycles. The predicted molar refractivity (Wildman–Crippen MR) is 81.5 cm³/mol. The molecule has 0 aliphatic carbocycles. The van der Waals surface area contributed by atoms with E-state index in [2.05, 4.69) is 10.6 Å². The summed E-state index contributed by atoms with van der Waals surface area (Å²) in [5, 5.41) is 5.86. The van der Waals surface area contributed by atoms with Gasteiger partial charge in [-0.3, -0.25) is 4.79 Å². The number of carbonyl (C=O) groups is 1. The van der Waals surface area contributed by atoms with Crippen molar-refractivity contribution in [3.63, 3.8) is 0 Å². The minimum atomic E-state index is -0.469. The van der Waals surface area contributed by atoms with Crippen LogP contribution < -0.4 is 15.4 Å². The highest BCUT2D eigenvalue weighted by atomic mass is 19.1. The highest BCUT2D eigenvalue weighted by Crippen LogP contribution is 2.23. The molecule has 0 spiro atoms. The first-order valence-corrected chi connectivity index (χ1v) is 6.63. The molecule has 0 aliphatic heterocycles. The lowest BCUT2D eigenvalue weighted by Crippen LogP contribution is -2.14. The number of anilines is 2. The smallest absolute Gasteiger partial charge is 0.257 e. The van der Waals surface area contributed by atoms with Crippen LogP contribution in [0.25, 0.3) is 0 Å². The zero-order chi connectivity index (χ0) is 15.2. The molecular formula is C16H17FN2O2. The van der Waals surface area contributed by atoms with Crippen LogP contribution >= 0.6 is 0 Å². The number of nitrogens with one attached hydrogen (secondary N) is 2. The van der Waals surface area contributed by atoms with E-state index in [0.717, 1.165) is 5.69 Å². The van der Waals surface area contributed by atoms with Crippen LogP contribution in [0.1, 0.15) is 17.3 Å². The first-order valence-electron chi connectivity index (χ1n) is 6.63. The number of halogens is 1. The molecule has 1 amide bonds. The van der Waals surface area contributed by atoms with Crippen LogP contribution in [0.2, 0.25) is 0 Å². The van der Waals surface area contributed by atoms with Gasteiger partial charge in [0.2, 0.25) is 0 Å². The molecule has 0 unspecified atom stereocenters. The van der Waals surface area contributed by atoms with E-state index in [4.69, 9.17) is 4.74 Å². The molecule has 2 rings (SSSR count). The van der Waals surface area contributed by atoms with Gasteiger partial charge in [-0.15, -0.1) is 0 Å². The largest absolute Gasteiger partial charge is 0.494 e. The second-order valence-electron chi connectivity index (χ2n) is 4.38. The average Bonchev–Trinajstić information content (AvgIpc) is 2.50. The van der Waals surface area contributed by atoms with E-state index in [9.17, 15) is 9.18 Å². The summed E-state index contributed by atoms with van der Waals surface area (Å²) in [4.78, 5) is 12.3. The van der Waals surface area contributed by atoms with Crippen molar-refractivity contribution >= 4 is 17.3 Å². The summed E-state index contributed by atoms with van der Waals surface area (Å²) < 4.78 is 18.2. The van der Waals surface area contributed by atoms with Crippen molar-refractivity contribution in [1.82, 2.24) is 0 Å². The summed E-state index contributed by atoms with van der Waals surface area (Å²) in [5.74, 6) is -0.642. The Morgan fingerprint density at radius 2 is 2.00 bits per heavy atom. The Bertz CT molecular complexity index is 644. The lowest BCUT2D eigenvalue weighted by atomic mass is 10.1. The third-order valence-electron chi connectivity index (χ3n) is 2.95. The molecule has 4 nitrogen and oxygen atoms in total. The van der Waals surface area contributed by atoms with Crippen molar-refractivity contribution in [2.24, 2.45) is 0 Å². The van der Waals surface area contributed by atoms with Gasteiger partial charge < -0.3 is 15.4 Å². The molecule has 0 fully saturated rings. The number of hydrogen-bond acceptors (Lipinski definition) is 3. The number of carbonyl (C=O) groups excluding carboxylic acids is 1. The molecule has 0 heterocycles. The van der Waals surface area contributed by atoms with Crippen molar-refractivity contribution in [3.8, 4) is 5.75 Å². The Balaban J connectivity index is 2.22. The number of hydrogen-bond donors (Lipinski definition) is 2. The van der Waals surface area contributed by atoms with Gasteiger partial charge in [0.15, 0.2) is 11.6 Å². The standard InChI is InChI=1S/C16H17FN2O2/c1-3-18-14-7-5-4-6-12(14)16(20)19-11-8-9-13(17)15(10-11)21-2/h4-10,18H,3H2,1-2H3,(H,19,20). The van der Waals surface area contributed by atoms with E-state index in [0.29, 0.717) is 17.8 Å². The summed E-state index contributed by atoms with van der Waals surface area (Å²) in [6.07, 6.45) is 0. The Morgan fingerprint density at radius 3 is 2.71 bits per heavy atom. The fourth-order valence-electron chi connectivity index (χ4n) is 1.96. The normalized spacial score (nSPS) is 10.0. The lowest BCUT2D eigenvalue weighted by Gasteiger charge is -2.11. The Hall–Kier alpha value is -2.56. The summed E-state index contributed by atoms with van der Waals surface area (Å²) >= 11 is 0. The topological polar surface area (TPSA) is 50.4 Å². The van der Waals surface area contributed by atoms with Crippen LogP contribution in [0.5, 0.6) is 5.75 Å². The van der Waals surface area contributed by atoms with E-state index in [1.165, 1.54) is 25.3 Å². The van der Waals surface area contributed by atoms with Crippen LogP contribution in [0, 0.1) is 5.82 Å². The number of methoxy groups -OCH3 is 1. The van der Waals surface area contributed by atoms with E-state index in [1.807, 2.05) is 19.1 Å². The van der Waals surface area contributed by atoms with Crippen molar-refractivity contribution in [1.29, 1.82) is 0 Å². The van der Waals surface area contributed by atoms with Crippen molar-refractivity contribution in [3.05, 3.63) is 53.8 Å². The number of rotatable bonds is 5. The molecule has 0 radical (unpaired) electrons. The van der Waals surface area contributed by atoms with Gasteiger partial charge in [-0.05, 0) is 31.2 Å². The molecule has 0 bridgehead atoms. The minimum absolute atomic E-state index is 0.0905. The van der Waals surface area contributed by atoms with Crippen LogP contribution in [-0.2, 0) is 0 Å². The molecule has 5 heteroatoms. The van der Waals surface area contributed by atoms with Crippen LogP contribution in [0.3, 0.4) is 0 Å². The molecule has 0 saturated carbocycles. The van der Waals surface area contributed by atoms with Crippen molar-refractivity contribution in [2.75, 3.05) is 24.3 Å². The van der Waals surface area contributed by atoms with E-state index in [-0.39, 0.29) is 11.7 Å². The Morgan fingerprint density at radius 1 is 1.24 bits per heavy atom. The Labute approximate surface area is 122 Å². The fourth-order valence-corrected chi connectivity index (χ4v) is 1.96. The van der Waals surface area contributed by atoms with Gasteiger partial charge in [0.1, 0.15) is 0 Å². The zero-order valence-corrected chi connectivity index (χ0v) is 11.9. The highest BCUT2D eigenvalue weighted by Gasteiger charge is 2.12. The fraction of sp³-hybridized carbons (Fsp3) is 0.188. The van der Waals surface area contributed by atoms with Crippen LogP contribution in [0.4, 0.5) is 15.8 Å². The van der Waals surface area contributed by atoms with Crippen LogP contribution in [-0.4, -0.2) is 19.6 Å². The number of para-hydroxylation sites is 1. The maximum absolute atomic E-state index is 13.3. The first kappa shape index (κ1) is 14.8. The third kappa shape index (κ3) is 3.51. The number of ether oxygens (including phenoxy) is 1. The number of benzene rings is 2. The molecule has 2 aromatic rings. The van der Waals surface area contributed by atoms with Crippen molar-refractivity contribution in [2.45, 2.75) is 6.92 Å². The van der Waals surface area contributed by atoms with E-state index in [1.54, 1.807) is 12.1 Å². The van der Waals surface area contributed by atoms with Gasteiger partial charge in [0.25, 0.3) is 5.91 Å². The Kier molecular flexibility index (Phi) is 4.77. The second kappa shape index (κ2) is 6.74. The predicted octanol–water partition coefficient (Wildman–Crippen LogP) is 3.52. The molecule has 2 N–H and O–H groups in total. The quantitative estimate of drug-likeness (QED) is 0.885. The molecule has 110 valence electrons. The van der Waals surface area contributed by atoms with E-state index >= 15 is 0 Å². The summed E-state index contributed by atoms with van der Waals surface area (Å²) in [6, 6.07) is 11.4. The minimum Gasteiger partial charge on any atom is -0.494 e. The second-order valence-corrected chi connectivity index (χ2v) is 4.38. The van der Waals surface area contributed by atoms with Crippen LogP contribution in [0.15, 0.2) is 42.5 Å². The molecule has 2 aromatic carbocycles. The van der Waals surface area contributed by atoms with Gasteiger partial charge >= 0.3 is 0 Å². The average molecular weight is 288 g/mol. The number of amides is 1. The molecule has 0 aromatic heterocycles. The van der Waals surface area contributed by atoms with Gasteiger partial charge in [-0.25, -0.2) is 4.39 Å². The van der Waals surface area contributed by atoms with Gasteiger partial charge in [-0.1, -0.05) is 12.1 Å². The van der Waals surface area contributed by atoms with Gasteiger partial charge in [0, 0.05) is 24.0 Å². The maximum Gasteiger partial charge on any atom is 0.257 e. The highest BCUT2D eigenvalue weighted by molar-refractivity contribution is 6.08. The summed E-state index contributed by atoms with van der Waals surface area (Å²) in [5.41, 5.74) is 1.76. The monoisotopic (exact) mass is 288 g/mol. The SMILES string of the molecule is CCNc1ccccc1C(=O)Nc1ccc(F)c(OC)c1. The first-order chi connectivity index (χ1) is 10.2. The van der Waals surface area contributed by atoms with E-state index < -0.39 is 5.82 Å². The lowest BCUT2D eigenvalue weighted by molar-refractivity contribution is 0.102. The maximum atomic E-state index is 13.3. The van der Waals surface area contributed by atoms with Crippen molar-refractivity contribution < 1.29 is 13.9 Å². The zero-order valence-electron chi connectivity index (χ0n) is 11.9. The summed E-state index contributed by atoms with van der Waals surface area (Å²) in [7, 11) is 1.38. The third-order valence-corrected chi connectivity index (χ3v) is 2.95. The van der Waals surface area contributed by atoms with Gasteiger partial charge in [0.05, 0.1) is 12.7 Å².